The molecule has 0 aliphatic heterocycles. The van der Waals surface area contributed by atoms with Crippen LogP contribution in [0.1, 0.15) is 117 Å². The van der Waals surface area contributed by atoms with Crippen LogP contribution in [0.15, 0.2) is 0 Å². The van der Waals surface area contributed by atoms with E-state index in [4.69, 9.17) is 23.7 Å². The second-order valence-corrected chi connectivity index (χ2v) is 9.02. The molecule has 0 amide bonds. The Kier molecular flexibility index (Phi) is 29.7. The Balaban J connectivity index is 3.10. The molecule has 0 N–H and O–H groups in total. The van der Waals surface area contributed by atoms with Gasteiger partial charge in [-0.05, 0) is 12.8 Å². The molecule has 0 atom stereocenters. The van der Waals surface area contributed by atoms with Gasteiger partial charge >= 0.3 is 5.97 Å². The molecule has 6 nitrogen and oxygen atoms in total. The zero-order valence-electron chi connectivity index (χ0n) is 22.6. The number of hydrogen-bond donors (Lipinski definition) is 0. The number of hydrogen-bond acceptors (Lipinski definition) is 6. The maximum atomic E-state index is 11.7. The summed E-state index contributed by atoms with van der Waals surface area (Å²) in [5.41, 5.74) is 0. The molecule has 0 aromatic carbocycles. The Bertz CT molecular complexity index is 391. The molecular weight excluding hydrogens is 432 g/mol. The quantitative estimate of drug-likeness (QED) is 0.0845. The van der Waals surface area contributed by atoms with E-state index in [1.165, 1.54) is 77.0 Å². The van der Waals surface area contributed by atoms with Gasteiger partial charge in [0, 0.05) is 13.0 Å². The van der Waals surface area contributed by atoms with E-state index >= 15 is 0 Å². The van der Waals surface area contributed by atoms with Gasteiger partial charge in [0.15, 0.2) is 0 Å². The third-order valence-electron chi connectivity index (χ3n) is 5.73. The monoisotopic (exact) mass is 488 g/mol. The third-order valence-corrected chi connectivity index (χ3v) is 5.73. The molecule has 0 radical (unpaired) electrons. The van der Waals surface area contributed by atoms with Crippen LogP contribution in [0.5, 0.6) is 0 Å². The van der Waals surface area contributed by atoms with Crippen molar-refractivity contribution in [2.75, 3.05) is 59.5 Å². The van der Waals surface area contributed by atoms with Gasteiger partial charge in [-0.3, -0.25) is 4.79 Å². The van der Waals surface area contributed by atoms with Crippen molar-refractivity contribution in [2.24, 2.45) is 0 Å². The fourth-order valence-electron chi connectivity index (χ4n) is 3.61. The highest BCUT2D eigenvalue weighted by Crippen LogP contribution is 2.09. The predicted molar refractivity (Wildman–Crippen MR) is 139 cm³/mol. The summed E-state index contributed by atoms with van der Waals surface area (Å²) >= 11 is 0. The highest BCUT2D eigenvalue weighted by molar-refractivity contribution is 5.69. The summed E-state index contributed by atoms with van der Waals surface area (Å²) in [6.45, 7) is 9.44. The maximum absolute atomic E-state index is 11.7. The molecule has 0 rings (SSSR count). The van der Waals surface area contributed by atoms with Crippen LogP contribution in [0.4, 0.5) is 0 Å². The minimum atomic E-state index is -0.118. The van der Waals surface area contributed by atoms with Gasteiger partial charge in [0.1, 0.15) is 6.61 Å². The number of unbranched alkanes of at least 4 members (excludes halogenated alkanes) is 13. The SMILES string of the molecule is CCCCCCCCCCOCCOCCOCCOCCOC(=O)CCCCCCCCC. The lowest BCUT2D eigenvalue weighted by molar-refractivity contribution is -0.145. The molecule has 6 heteroatoms. The van der Waals surface area contributed by atoms with Crippen molar-refractivity contribution in [2.45, 2.75) is 117 Å². The molecular formula is C28H56O6. The van der Waals surface area contributed by atoms with Crippen molar-refractivity contribution in [1.29, 1.82) is 0 Å². The van der Waals surface area contributed by atoms with Crippen LogP contribution in [0.2, 0.25) is 0 Å². The van der Waals surface area contributed by atoms with E-state index in [2.05, 4.69) is 13.8 Å². The molecule has 204 valence electrons. The number of carbonyl (C=O) groups is 1. The van der Waals surface area contributed by atoms with E-state index in [1.54, 1.807) is 0 Å². The van der Waals surface area contributed by atoms with Crippen LogP contribution in [-0.4, -0.2) is 65.4 Å². The standard InChI is InChI=1S/C28H56O6/c1-3-5-7-9-11-13-15-17-19-30-20-21-31-22-23-32-24-25-33-26-27-34-28(29)18-16-14-12-10-8-6-4-2/h3-27H2,1-2H3. The summed E-state index contributed by atoms with van der Waals surface area (Å²) in [6.07, 6.45) is 19.5. The molecule has 0 spiro atoms. The Morgan fingerprint density at radius 2 is 0.765 bits per heavy atom. The van der Waals surface area contributed by atoms with Crippen LogP contribution in [-0.2, 0) is 28.5 Å². The van der Waals surface area contributed by atoms with E-state index < -0.39 is 0 Å². The van der Waals surface area contributed by atoms with Crippen molar-refractivity contribution in [3.63, 3.8) is 0 Å². The lowest BCUT2D eigenvalue weighted by atomic mass is 10.1. The Hall–Kier alpha value is -0.690. The van der Waals surface area contributed by atoms with Crippen molar-refractivity contribution in [3.05, 3.63) is 0 Å². The van der Waals surface area contributed by atoms with Gasteiger partial charge in [0.05, 0.1) is 46.2 Å². The first-order valence-electron chi connectivity index (χ1n) is 14.3. The first-order chi connectivity index (χ1) is 16.8. The van der Waals surface area contributed by atoms with E-state index in [0.29, 0.717) is 59.3 Å². The first kappa shape index (κ1) is 33.3. The molecule has 0 aliphatic carbocycles. The molecule has 0 aliphatic rings. The molecule has 0 heterocycles. The topological polar surface area (TPSA) is 63.2 Å². The molecule has 0 aromatic heterocycles. The Morgan fingerprint density at radius 3 is 1.24 bits per heavy atom. The average Bonchev–Trinajstić information content (AvgIpc) is 2.84. The fraction of sp³-hybridized carbons (Fsp3) is 0.964. The molecule has 0 saturated carbocycles. The van der Waals surface area contributed by atoms with Crippen molar-refractivity contribution < 1.29 is 28.5 Å². The summed E-state index contributed by atoms with van der Waals surface area (Å²) in [4.78, 5) is 11.7. The van der Waals surface area contributed by atoms with Crippen LogP contribution < -0.4 is 0 Å². The van der Waals surface area contributed by atoms with E-state index in [1.807, 2.05) is 0 Å². The predicted octanol–water partition coefficient (Wildman–Crippen LogP) is 6.88. The Morgan fingerprint density at radius 1 is 0.412 bits per heavy atom. The third kappa shape index (κ3) is 29.3. The Labute approximate surface area is 210 Å². The number of carbonyl (C=O) groups excluding carboxylic acids is 1. The zero-order valence-corrected chi connectivity index (χ0v) is 22.6. The fourth-order valence-corrected chi connectivity index (χ4v) is 3.61. The maximum Gasteiger partial charge on any atom is 0.305 e. The van der Waals surface area contributed by atoms with E-state index in [-0.39, 0.29) is 5.97 Å². The van der Waals surface area contributed by atoms with Gasteiger partial charge in [-0.15, -0.1) is 0 Å². The van der Waals surface area contributed by atoms with Crippen molar-refractivity contribution >= 4 is 5.97 Å². The van der Waals surface area contributed by atoms with Gasteiger partial charge in [0.25, 0.3) is 0 Å². The lowest BCUT2D eigenvalue weighted by Gasteiger charge is -2.08. The van der Waals surface area contributed by atoms with E-state index in [0.717, 1.165) is 25.9 Å². The summed E-state index contributed by atoms with van der Waals surface area (Å²) in [7, 11) is 0. The summed E-state index contributed by atoms with van der Waals surface area (Å²) in [6, 6.07) is 0. The number of esters is 1. The van der Waals surface area contributed by atoms with Gasteiger partial charge in [0.2, 0.25) is 0 Å². The molecule has 34 heavy (non-hydrogen) atoms. The average molecular weight is 489 g/mol. The van der Waals surface area contributed by atoms with Crippen LogP contribution in [0.3, 0.4) is 0 Å². The molecule has 0 fully saturated rings. The number of ether oxygens (including phenoxy) is 5. The van der Waals surface area contributed by atoms with Gasteiger partial charge in [-0.25, -0.2) is 0 Å². The van der Waals surface area contributed by atoms with Crippen LogP contribution >= 0.6 is 0 Å². The summed E-state index contributed by atoms with van der Waals surface area (Å²) < 4.78 is 27.2. The van der Waals surface area contributed by atoms with Gasteiger partial charge in [-0.1, -0.05) is 97.3 Å². The largest absolute Gasteiger partial charge is 0.463 e. The summed E-state index contributed by atoms with van der Waals surface area (Å²) in [5.74, 6) is -0.118. The second kappa shape index (κ2) is 30.3. The van der Waals surface area contributed by atoms with Gasteiger partial charge < -0.3 is 23.7 Å². The normalized spacial score (nSPS) is 11.2. The summed E-state index contributed by atoms with van der Waals surface area (Å²) in [5, 5.41) is 0. The number of rotatable bonds is 29. The highest BCUT2D eigenvalue weighted by Gasteiger charge is 2.02. The molecule has 0 aromatic rings. The second-order valence-electron chi connectivity index (χ2n) is 9.02. The van der Waals surface area contributed by atoms with E-state index in [9.17, 15) is 4.79 Å². The molecule has 0 bridgehead atoms. The smallest absolute Gasteiger partial charge is 0.305 e. The highest BCUT2D eigenvalue weighted by atomic mass is 16.6. The van der Waals surface area contributed by atoms with Crippen LogP contribution in [0, 0.1) is 0 Å². The minimum absolute atomic E-state index is 0.118. The van der Waals surface area contributed by atoms with Gasteiger partial charge in [-0.2, -0.15) is 0 Å². The van der Waals surface area contributed by atoms with Crippen LogP contribution in [0.25, 0.3) is 0 Å². The molecule has 0 unspecified atom stereocenters. The zero-order chi connectivity index (χ0) is 24.8. The molecule has 0 saturated heterocycles. The lowest BCUT2D eigenvalue weighted by Crippen LogP contribution is -2.14. The minimum Gasteiger partial charge on any atom is -0.463 e. The van der Waals surface area contributed by atoms with Crippen molar-refractivity contribution in [1.82, 2.24) is 0 Å². The van der Waals surface area contributed by atoms with Crippen molar-refractivity contribution in [3.8, 4) is 0 Å². The first-order valence-corrected chi connectivity index (χ1v) is 14.3.